The molecule has 2 heterocycles. The molecule has 6 nitrogen and oxygen atoms in total. The molecule has 7 heteroatoms. The summed E-state index contributed by atoms with van der Waals surface area (Å²) in [5.41, 5.74) is 6.10. The van der Waals surface area contributed by atoms with Gasteiger partial charge in [-0.15, -0.1) is 0 Å². The van der Waals surface area contributed by atoms with E-state index in [0.29, 0.717) is 10.2 Å². The fraction of sp³-hybridized carbons (Fsp3) is 0.200. The van der Waals surface area contributed by atoms with Gasteiger partial charge >= 0.3 is 5.97 Å². The van der Waals surface area contributed by atoms with Crippen LogP contribution in [0.15, 0.2) is 25.8 Å². The van der Waals surface area contributed by atoms with E-state index in [1.165, 1.54) is 6.26 Å². The van der Waals surface area contributed by atoms with Crippen LogP contribution in [0.5, 0.6) is 0 Å². The van der Waals surface area contributed by atoms with Gasteiger partial charge in [0.15, 0.2) is 4.67 Å². The molecule has 17 heavy (non-hydrogen) atoms. The first-order chi connectivity index (χ1) is 8.13. The quantitative estimate of drug-likeness (QED) is 0.875. The predicted octanol–water partition coefficient (Wildman–Crippen LogP) is 2.46. The average molecular weight is 301 g/mol. The third-order valence-corrected chi connectivity index (χ3v) is 2.58. The van der Waals surface area contributed by atoms with Crippen molar-refractivity contribution in [2.45, 2.75) is 6.92 Å². The van der Waals surface area contributed by atoms with Crippen LogP contribution in [-0.4, -0.2) is 17.6 Å². The number of ether oxygens (including phenoxy) is 1. The van der Waals surface area contributed by atoms with Crippen LogP contribution in [0, 0.1) is 0 Å². The second kappa shape index (κ2) is 4.62. The van der Waals surface area contributed by atoms with Crippen LogP contribution in [0.3, 0.4) is 0 Å². The van der Waals surface area contributed by atoms with E-state index in [9.17, 15) is 4.79 Å². The van der Waals surface area contributed by atoms with Crippen LogP contribution < -0.4 is 5.73 Å². The van der Waals surface area contributed by atoms with E-state index in [1.54, 1.807) is 13.0 Å². The molecule has 0 radical (unpaired) electrons. The van der Waals surface area contributed by atoms with Crippen LogP contribution in [0.25, 0.3) is 11.5 Å². The van der Waals surface area contributed by atoms with Crippen LogP contribution in [-0.2, 0) is 4.74 Å². The zero-order valence-electron chi connectivity index (χ0n) is 8.90. The highest BCUT2D eigenvalue weighted by molar-refractivity contribution is 9.10. The second-order valence-corrected chi connectivity index (χ2v) is 3.78. The first-order valence-corrected chi connectivity index (χ1v) is 5.59. The molecular formula is C10H9BrN2O4. The number of hydrogen-bond donors (Lipinski definition) is 1. The number of halogens is 1. The van der Waals surface area contributed by atoms with Gasteiger partial charge in [0.2, 0.25) is 17.5 Å². The van der Waals surface area contributed by atoms with Crippen molar-refractivity contribution in [1.82, 2.24) is 4.98 Å². The van der Waals surface area contributed by atoms with E-state index in [1.807, 2.05) is 0 Å². The Balaban J connectivity index is 2.37. The largest absolute Gasteiger partial charge is 0.461 e. The molecule has 0 saturated carbocycles. The van der Waals surface area contributed by atoms with Crippen LogP contribution >= 0.6 is 15.9 Å². The van der Waals surface area contributed by atoms with E-state index in [0.717, 1.165) is 0 Å². The first-order valence-electron chi connectivity index (χ1n) is 4.80. The minimum atomic E-state index is -0.611. The van der Waals surface area contributed by atoms with Crippen LogP contribution in [0.1, 0.15) is 17.4 Å². The Bertz CT molecular complexity index is 546. The molecule has 0 aromatic carbocycles. The number of esters is 1. The molecule has 2 aromatic heterocycles. The van der Waals surface area contributed by atoms with E-state index in [4.69, 9.17) is 19.3 Å². The Morgan fingerprint density at radius 1 is 1.65 bits per heavy atom. The van der Waals surface area contributed by atoms with Crippen molar-refractivity contribution in [2.24, 2.45) is 0 Å². The summed E-state index contributed by atoms with van der Waals surface area (Å²) in [5, 5.41) is 0. The first kappa shape index (κ1) is 11.7. The molecule has 0 aliphatic carbocycles. The van der Waals surface area contributed by atoms with Gasteiger partial charge in [-0.2, -0.15) is 4.98 Å². The fourth-order valence-corrected chi connectivity index (χ4v) is 1.65. The lowest BCUT2D eigenvalue weighted by atomic mass is 10.3. The molecule has 0 saturated heterocycles. The maximum atomic E-state index is 11.5. The summed E-state index contributed by atoms with van der Waals surface area (Å²) in [7, 11) is 0. The second-order valence-electron chi connectivity index (χ2n) is 3.06. The maximum Gasteiger partial charge on any atom is 0.362 e. The van der Waals surface area contributed by atoms with Gasteiger partial charge in [0.1, 0.15) is 0 Å². The summed E-state index contributed by atoms with van der Waals surface area (Å²) < 4.78 is 15.5. The van der Waals surface area contributed by atoms with Crippen molar-refractivity contribution in [1.29, 1.82) is 0 Å². The molecule has 0 fully saturated rings. The Kier molecular flexibility index (Phi) is 3.19. The van der Waals surface area contributed by atoms with E-state index < -0.39 is 5.97 Å². The van der Waals surface area contributed by atoms with Gasteiger partial charge in [0.05, 0.1) is 18.4 Å². The number of oxazole rings is 1. The van der Waals surface area contributed by atoms with Crippen LogP contribution in [0.4, 0.5) is 5.88 Å². The Hall–Kier alpha value is -1.76. The lowest BCUT2D eigenvalue weighted by Gasteiger charge is -1.96. The molecule has 2 N–H and O–H groups in total. The molecule has 0 spiro atoms. The Morgan fingerprint density at radius 2 is 2.41 bits per heavy atom. The number of carbonyl (C=O) groups is 1. The zero-order chi connectivity index (χ0) is 12.4. The van der Waals surface area contributed by atoms with Gasteiger partial charge in [0.25, 0.3) is 0 Å². The number of hydrogen-bond acceptors (Lipinski definition) is 6. The molecule has 90 valence electrons. The number of aromatic nitrogens is 1. The molecule has 0 amide bonds. The van der Waals surface area contributed by atoms with Gasteiger partial charge in [0, 0.05) is 0 Å². The van der Waals surface area contributed by atoms with Crippen molar-refractivity contribution >= 4 is 27.8 Å². The Morgan fingerprint density at radius 3 is 3.00 bits per heavy atom. The van der Waals surface area contributed by atoms with Crippen molar-refractivity contribution in [3.63, 3.8) is 0 Å². The molecule has 0 unspecified atom stereocenters. The van der Waals surface area contributed by atoms with Crippen LogP contribution in [0.2, 0.25) is 0 Å². The molecule has 0 aliphatic heterocycles. The zero-order valence-corrected chi connectivity index (χ0v) is 10.5. The maximum absolute atomic E-state index is 11.5. The molecule has 2 aromatic rings. The summed E-state index contributed by atoms with van der Waals surface area (Å²) in [6.07, 6.45) is 1.46. The van der Waals surface area contributed by atoms with Gasteiger partial charge in [-0.3, -0.25) is 0 Å². The van der Waals surface area contributed by atoms with E-state index in [-0.39, 0.29) is 24.1 Å². The minimum Gasteiger partial charge on any atom is -0.461 e. The topological polar surface area (TPSA) is 91.5 Å². The lowest BCUT2D eigenvalue weighted by molar-refractivity contribution is 0.0521. The SMILES string of the molecule is CCOC(=O)c1nc(-c2ccoc2Br)oc1N. The normalized spacial score (nSPS) is 10.5. The van der Waals surface area contributed by atoms with Crippen molar-refractivity contribution in [3.8, 4) is 11.5 Å². The van der Waals surface area contributed by atoms with Crippen molar-refractivity contribution in [2.75, 3.05) is 12.3 Å². The van der Waals surface area contributed by atoms with Gasteiger partial charge in [-0.05, 0) is 28.9 Å². The fourth-order valence-electron chi connectivity index (χ4n) is 1.24. The van der Waals surface area contributed by atoms with Crippen molar-refractivity contribution in [3.05, 3.63) is 22.7 Å². The molecule has 0 bridgehead atoms. The molecule has 0 atom stereocenters. The minimum absolute atomic E-state index is 0.0325. The highest BCUT2D eigenvalue weighted by atomic mass is 79.9. The average Bonchev–Trinajstić information content (AvgIpc) is 2.84. The van der Waals surface area contributed by atoms with E-state index in [2.05, 4.69) is 20.9 Å². The smallest absolute Gasteiger partial charge is 0.362 e. The highest BCUT2D eigenvalue weighted by Gasteiger charge is 2.21. The lowest BCUT2D eigenvalue weighted by Crippen LogP contribution is -2.07. The number of nitrogen functional groups attached to an aromatic ring is 1. The number of furan rings is 1. The summed E-state index contributed by atoms with van der Waals surface area (Å²) in [6, 6.07) is 1.64. The number of anilines is 1. The number of nitrogens with two attached hydrogens (primary N) is 1. The molecular weight excluding hydrogens is 292 g/mol. The highest BCUT2D eigenvalue weighted by Crippen LogP contribution is 2.30. The summed E-state index contributed by atoms with van der Waals surface area (Å²) in [6.45, 7) is 1.94. The molecule has 0 aliphatic rings. The van der Waals surface area contributed by atoms with E-state index >= 15 is 0 Å². The monoisotopic (exact) mass is 300 g/mol. The van der Waals surface area contributed by atoms with Crippen molar-refractivity contribution < 1.29 is 18.4 Å². The Labute approximate surface area is 105 Å². The third kappa shape index (κ3) is 2.19. The third-order valence-electron chi connectivity index (χ3n) is 1.97. The summed E-state index contributed by atoms with van der Waals surface area (Å²) in [5.74, 6) is -0.489. The number of carbonyl (C=O) groups excluding carboxylic acids is 1. The number of rotatable bonds is 3. The summed E-state index contributed by atoms with van der Waals surface area (Å²) >= 11 is 3.18. The van der Waals surface area contributed by atoms with Gasteiger partial charge in [-0.25, -0.2) is 4.79 Å². The molecule has 2 rings (SSSR count). The van der Waals surface area contributed by atoms with Gasteiger partial charge in [-0.1, -0.05) is 0 Å². The summed E-state index contributed by atoms with van der Waals surface area (Å²) in [4.78, 5) is 15.4. The predicted molar refractivity (Wildman–Crippen MR) is 62.3 cm³/mol. The number of nitrogens with zero attached hydrogens (tertiary/aromatic N) is 1. The standard InChI is InChI=1S/C10H9BrN2O4/c1-2-15-10(14)6-8(12)17-9(13-6)5-3-4-16-7(5)11/h3-4H,2,12H2,1H3. The van der Waals surface area contributed by atoms with Gasteiger partial charge < -0.3 is 19.3 Å².